The number of rotatable bonds is 4. The minimum atomic E-state index is -0.532. The van der Waals surface area contributed by atoms with E-state index in [2.05, 4.69) is 24.5 Å². The fourth-order valence-electron chi connectivity index (χ4n) is 1.62. The third-order valence-corrected chi connectivity index (χ3v) is 2.81. The molecular weight excluding hydrogens is 290 g/mol. The number of carbonyl (C=O) groups is 1. The molecule has 0 aliphatic heterocycles. The number of nitriles is 1. The van der Waals surface area contributed by atoms with Crippen LogP contribution in [-0.2, 0) is 9.53 Å². The van der Waals surface area contributed by atoms with E-state index in [1.54, 1.807) is 48.5 Å². The first-order valence-electron chi connectivity index (χ1n) is 6.75. The van der Waals surface area contributed by atoms with Gasteiger partial charge >= 0.3 is 5.97 Å². The van der Waals surface area contributed by atoms with E-state index in [9.17, 15) is 4.79 Å². The fraction of sp³-hybridized carbons (Fsp3) is 0.0526. The van der Waals surface area contributed by atoms with Gasteiger partial charge in [-0.05, 0) is 48.5 Å². The number of hydrogen-bond donors (Lipinski definition) is 0. The van der Waals surface area contributed by atoms with Crippen LogP contribution in [0.5, 0.6) is 5.75 Å². The van der Waals surface area contributed by atoms with E-state index in [0.717, 1.165) is 17.2 Å². The number of benzene rings is 2. The van der Waals surface area contributed by atoms with Crippen molar-refractivity contribution in [2.24, 2.45) is 0 Å². The molecule has 0 saturated carbocycles. The first-order valence-corrected chi connectivity index (χ1v) is 6.75. The second-order valence-corrected chi connectivity index (χ2v) is 4.39. The topological polar surface area (TPSA) is 59.3 Å². The average Bonchev–Trinajstić information content (AvgIpc) is 2.61. The highest BCUT2D eigenvalue weighted by Gasteiger charge is 1.97. The maximum Gasteiger partial charge on any atom is 0.333 e. The highest BCUT2D eigenvalue weighted by molar-refractivity contribution is 5.81. The van der Waals surface area contributed by atoms with Crippen LogP contribution in [-0.4, -0.2) is 12.8 Å². The fourth-order valence-corrected chi connectivity index (χ4v) is 1.62. The molecule has 0 radical (unpaired) electrons. The molecule has 0 heterocycles. The van der Waals surface area contributed by atoms with Gasteiger partial charge in [0.15, 0.2) is 0 Å². The van der Waals surface area contributed by atoms with Gasteiger partial charge in [-0.2, -0.15) is 5.26 Å². The molecule has 0 N–H and O–H groups in total. The molecule has 0 fully saturated rings. The van der Waals surface area contributed by atoms with Crippen LogP contribution >= 0.6 is 0 Å². The summed E-state index contributed by atoms with van der Waals surface area (Å²) in [5, 5.41) is 8.74. The van der Waals surface area contributed by atoms with Crippen LogP contribution < -0.4 is 4.74 Å². The normalized spacial score (nSPS) is 9.00. The van der Waals surface area contributed by atoms with E-state index in [1.165, 1.54) is 0 Å². The molecule has 0 aromatic heterocycles. The Morgan fingerprint density at radius 2 is 1.52 bits per heavy atom. The Morgan fingerprint density at radius 1 is 1.00 bits per heavy atom. The Morgan fingerprint density at radius 3 is 2.04 bits per heavy atom. The molecule has 2 aromatic rings. The van der Waals surface area contributed by atoms with Gasteiger partial charge in [-0.3, -0.25) is 0 Å². The molecule has 112 valence electrons. The predicted octanol–water partition coefficient (Wildman–Crippen LogP) is 3.02. The number of carbonyl (C=O) groups excluding carboxylic acids is 1. The molecule has 0 amide bonds. The molecule has 0 saturated heterocycles. The van der Waals surface area contributed by atoms with Crippen molar-refractivity contribution in [2.75, 3.05) is 6.79 Å². The van der Waals surface area contributed by atoms with Crippen molar-refractivity contribution < 1.29 is 14.3 Å². The summed E-state index contributed by atoms with van der Waals surface area (Å²) in [5.41, 5.74) is 2.26. The lowest BCUT2D eigenvalue weighted by Crippen LogP contribution is -2.07. The third kappa shape index (κ3) is 5.08. The van der Waals surface area contributed by atoms with Crippen LogP contribution in [0.1, 0.15) is 16.7 Å². The first kappa shape index (κ1) is 15.9. The van der Waals surface area contributed by atoms with E-state index in [1.807, 2.05) is 0 Å². The Kier molecular flexibility index (Phi) is 5.57. The van der Waals surface area contributed by atoms with E-state index in [4.69, 9.17) is 14.7 Å². The standard InChI is InChI=1S/C19H13NO3/c1-2-19(21)23-14-22-18-11-9-16(10-12-18)4-3-15-5-7-17(13-20)8-6-15/h2,5-12H,1,14H2. The lowest BCUT2D eigenvalue weighted by Gasteiger charge is -2.05. The van der Waals surface area contributed by atoms with E-state index in [-0.39, 0.29) is 6.79 Å². The monoisotopic (exact) mass is 303 g/mol. The van der Waals surface area contributed by atoms with Crippen molar-refractivity contribution in [2.45, 2.75) is 0 Å². The highest BCUT2D eigenvalue weighted by Crippen LogP contribution is 2.12. The lowest BCUT2D eigenvalue weighted by atomic mass is 10.1. The Bertz CT molecular complexity index is 788. The van der Waals surface area contributed by atoms with Crippen molar-refractivity contribution in [3.63, 3.8) is 0 Å². The van der Waals surface area contributed by atoms with Crippen LogP contribution in [0.2, 0.25) is 0 Å². The highest BCUT2D eigenvalue weighted by atomic mass is 16.7. The molecule has 0 aliphatic rings. The third-order valence-electron chi connectivity index (χ3n) is 2.81. The molecule has 23 heavy (non-hydrogen) atoms. The minimum Gasteiger partial charge on any atom is -0.457 e. The lowest BCUT2D eigenvalue weighted by molar-refractivity contribution is -0.144. The van der Waals surface area contributed by atoms with Gasteiger partial charge in [0.2, 0.25) is 6.79 Å². The van der Waals surface area contributed by atoms with Gasteiger partial charge in [-0.25, -0.2) is 4.79 Å². The average molecular weight is 303 g/mol. The van der Waals surface area contributed by atoms with Crippen LogP contribution in [0.4, 0.5) is 0 Å². The number of nitrogens with zero attached hydrogens (tertiary/aromatic N) is 1. The zero-order chi connectivity index (χ0) is 16.5. The SMILES string of the molecule is C=CC(=O)OCOc1ccc(C#Cc2ccc(C#N)cc2)cc1. The molecule has 4 nitrogen and oxygen atoms in total. The molecule has 0 bridgehead atoms. The zero-order valence-electron chi connectivity index (χ0n) is 12.3. The van der Waals surface area contributed by atoms with Crippen molar-refractivity contribution in [1.82, 2.24) is 0 Å². The maximum atomic E-state index is 10.9. The van der Waals surface area contributed by atoms with Gasteiger partial charge in [0.25, 0.3) is 0 Å². The summed E-state index contributed by atoms with van der Waals surface area (Å²) in [6.45, 7) is 3.13. The van der Waals surface area contributed by atoms with Gasteiger partial charge in [0.1, 0.15) is 5.75 Å². The Balaban J connectivity index is 1.94. The zero-order valence-corrected chi connectivity index (χ0v) is 12.3. The van der Waals surface area contributed by atoms with Crippen molar-refractivity contribution >= 4 is 5.97 Å². The van der Waals surface area contributed by atoms with E-state index in [0.29, 0.717) is 11.3 Å². The first-order chi connectivity index (χ1) is 11.2. The summed E-state index contributed by atoms with van der Waals surface area (Å²) in [7, 11) is 0. The largest absolute Gasteiger partial charge is 0.457 e. The van der Waals surface area contributed by atoms with Gasteiger partial charge in [0, 0.05) is 17.2 Å². The quantitative estimate of drug-likeness (QED) is 0.377. The van der Waals surface area contributed by atoms with Gasteiger partial charge in [-0.15, -0.1) is 0 Å². The second-order valence-electron chi connectivity index (χ2n) is 4.39. The van der Waals surface area contributed by atoms with Gasteiger partial charge < -0.3 is 9.47 Å². The molecule has 0 atom stereocenters. The van der Waals surface area contributed by atoms with E-state index < -0.39 is 5.97 Å². The summed E-state index contributed by atoms with van der Waals surface area (Å²) in [6, 6.07) is 16.2. The summed E-state index contributed by atoms with van der Waals surface area (Å²) in [4.78, 5) is 10.9. The summed E-state index contributed by atoms with van der Waals surface area (Å²) in [6.07, 6.45) is 1.07. The summed E-state index contributed by atoms with van der Waals surface area (Å²) >= 11 is 0. The van der Waals surface area contributed by atoms with Crippen molar-refractivity contribution in [1.29, 1.82) is 5.26 Å². The predicted molar refractivity (Wildman–Crippen MR) is 85.4 cm³/mol. The van der Waals surface area contributed by atoms with Gasteiger partial charge in [-0.1, -0.05) is 18.4 Å². The van der Waals surface area contributed by atoms with E-state index >= 15 is 0 Å². The van der Waals surface area contributed by atoms with Crippen LogP contribution in [0.25, 0.3) is 0 Å². The van der Waals surface area contributed by atoms with Gasteiger partial charge in [0.05, 0.1) is 11.6 Å². The summed E-state index contributed by atoms with van der Waals surface area (Å²) in [5.74, 6) is 6.08. The summed E-state index contributed by atoms with van der Waals surface area (Å²) < 4.78 is 9.97. The second kappa shape index (κ2) is 8.07. The molecule has 2 rings (SSSR count). The van der Waals surface area contributed by atoms with Crippen molar-refractivity contribution in [3.8, 4) is 23.7 Å². The molecule has 4 heteroatoms. The van der Waals surface area contributed by atoms with Crippen LogP contribution in [0.15, 0.2) is 61.2 Å². The molecule has 0 spiro atoms. The minimum absolute atomic E-state index is 0.166. The number of ether oxygens (including phenoxy) is 2. The number of hydrogen-bond acceptors (Lipinski definition) is 4. The molecule has 0 aliphatic carbocycles. The number of esters is 1. The Hall–Kier alpha value is -3.50. The Labute approximate surface area is 134 Å². The molecular formula is C19H13NO3. The van der Waals surface area contributed by atoms with Crippen LogP contribution in [0.3, 0.4) is 0 Å². The molecule has 0 unspecified atom stereocenters. The van der Waals surface area contributed by atoms with Crippen LogP contribution in [0, 0.1) is 23.2 Å². The van der Waals surface area contributed by atoms with Crippen molar-refractivity contribution in [3.05, 3.63) is 77.9 Å². The molecule has 2 aromatic carbocycles. The smallest absolute Gasteiger partial charge is 0.333 e. The maximum absolute atomic E-state index is 10.9.